The van der Waals surface area contributed by atoms with Gasteiger partial charge in [0.2, 0.25) is 0 Å². The van der Waals surface area contributed by atoms with Gasteiger partial charge in [-0.3, -0.25) is 20.4 Å². The number of hydrazine groups is 1. The van der Waals surface area contributed by atoms with Gasteiger partial charge < -0.3 is 9.84 Å². The Bertz CT molecular complexity index is 1490. The average molecular weight is 521 g/mol. The molecule has 1 aromatic heterocycles. The lowest BCUT2D eigenvalue weighted by atomic mass is 9.98. The van der Waals surface area contributed by atoms with Gasteiger partial charge in [-0.25, -0.2) is 19.0 Å². The molecule has 194 valence electrons. The van der Waals surface area contributed by atoms with E-state index in [1.54, 1.807) is 24.3 Å². The van der Waals surface area contributed by atoms with Gasteiger partial charge in [0.15, 0.2) is 5.69 Å². The summed E-state index contributed by atoms with van der Waals surface area (Å²) in [6.07, 6.45) is -1.41. The van der Waals surface area contributed by atoms with Crippen molar-refractivity contribution < 1.29 is 33.0 Å². The van der Waals surface area contributed by atoms with Gasteiger partial charge in [-0.05, 0) is 66.2 Å². The maximum Gasteiger partial charge on any atom is 0.425 e. The van der Waals surface area contributed by atoms with E-state index in [4.69, 9.17) is 4.74 Å². The number of aromatic nitrogens is 2. The van der Waals surface area contributed by atoms with E-state index >= 15 is 0 Å². The zero-order chi connectivity index (χ0) is 27.2. The van der Waals surface area contributed by atoms with Crippen LogP contribution in [0.4, 0.5) is 13.6 Å². The smallest absolute Gasteiger partial charge is 0.425 e. The number of hydrogen-bond acceptors (Lipinski definition) is 5. The monoisotopic (exact) mass is 521 g/mol. The lowest BCUT2D eigenvalue weighted by Crippen LogP contribution is -2.43. The van der Waals surface area contributed by atoms with Crippen molar-refractivity contribution in [3.05, 3.63) is 107 Å². The van der Waals surface area contributed by atoms with Gasteiger partial charge in [0, 0.05) is 23.1 Å². The second-order valence-corrected chi connectivity index (χ2v) is 7.95. The standard InChI is InChI=1S/C26H21F2N5O5/c1-38-20-4-2-3-15(13-20)14-21-22(16-5-9-18(27)10-6-16)31-33(32-26(36)37)23(21)25(35)30-29-24(34)17-7-11-19(28)12-8-17/h2-13,32H,14H2,1H3,(H,29,34)(H,30,35)(H,36,37). The van der Waals surface area contributed by atoms with E-state index in [1.807, 2.05) is 5.43 Å². The quantitative estimate of drug-likeness (QED) is 0.274. The number of carboxylic acid groups (broad SMARTS) is 1. The Balaban J connectivity index is 1.75. The summed E-state index contributed by atoms with van der Waals surface area (Å²) in [7, 11) is 1.50. The zero-order valence-electron chi connectivity index (χ0n) is 19.9. The SMILES string of the molecule is COc1cccc(Cc2c(-c3ccc(F)cc3)nn(NC(=O)O)c2C(=O)NNC(=O)c2ccc(F)cc2)c1. The van der Waals surface area contributed by atoms with Crippen LogP contribution < -0.4 is 21.0 Å². The molecule has 3 amide bonds. The van der Waals surface area contributed by atoms with E-state index < -0.39 is 29.5 Å². The summed E-state index contributed by atoms with van der Waals surface area (Å²) in [4.78, 5) is 38.0. The third-order valence-corrected chi connectivity index (χ3v) is 5.43. The first-order chi connectivity index (χ1) is 18.2. The summed E-state index contributed by atoms with van der Waals surface area (Å²) >= 11 is 0. The van der Waals surface area contributed by atoms with Crippen LogP contribution in [0.3, 0.4) is 0 Å². The molecule has 0 aliphatic heterocycles. The highest BCUT2D eigenvalue weighted by molar-refractivity contribution is 6.00. The molecular formula is C26H21F2N5O5. The summed E-state index contributed by atoms with van der Waals surface area (Å²) in [5, 5.41) is 13.6. The van der Waals surface area contributed by atoms with Gasteiger partial charge in [-0.15, -0.1) is 0 Å². The molecule has 12 heteroatoms. The van der Waals surface area contributed by atoms with Crippen LogP contribution in [0, 0.1) is 11.6 Å². The lowest BCUT2D eigenvalue weighted by Gasteiger charge is -2.12. The van der Waals surface area contributed by atoms with E-state index in [0.717, 1.165) is 16.9 Å². The topological polar surface area (TPSA) is 135 Å². The Kier molecular flexibility index (Phi) is 7.61. The van der Waals surface area contributed by atoms with Crippen LogP contribution in [0.15, 0.2) is 72.8 Å². The molecule has 0 aliphatic rings. The van der Waals surface area contributed by atoms with Gasteiger partial charge in [0.25, 0.3) is 11.8 Å². The van der Waals surface area contributed by atoms with Crippen LogP contribution in [-0.4, -0.2) is 40.0 Å². The summed E-state index contributed by atoms with van der Waals surface area (Å²) in [5.74, 6) is -2.10. The van der Waals surface area contributed by atoms with Crippen molar-refractivity contribution in [3.8, 4) is 17.0 Å². The maximum absolute atomic E-state index is 13.6. The van der Waals surface area contributed by atoms with Crippen LogP contribution in [0.1, 0.15) is 32.0 Å². The Morgan fingerprint density at radius 1 is 0.921 bits per heavy atom. The number of hydrogen-bond donors (Lipinski definition) is 4. The van der Waals surface area contributed by atoms with Crippen LogP contribution in [0.25, 0.3) is 11.3 Å². The molecule has 0 spiro atoms. The van der Waals surface area contributed by atoms with Crippen LogP contribution >= 0.6 is 0 Å². The molecule has 0 unspecified atom stereocenters. The number of benzene rings is 3. The highest BCUT2D eigenvalue weighted by Crippen LogP contribution is 2.29. The van der Waals surface area contributed by atoms with Gasteiger partial charge in [0.1, 0.15) is 17.4 Å². The number of amides is 3. The van der Waals surface area contributed by atoms with Crippen molar-refractivity contribution in [2.24, 2.45) is 0 Å². The fourth-order valence-corrected chi connectivity index (χ4v) is 3.69. The molecule has 0 aliphatic carbocycles. The Hall–Kier alpha value is -5.26. The molecule has 0 saturated carbocycles. The third-order valence-electron chi connectivity index (χ3n) is 5.43. The van der Waals surface area contributed by atoms with Crippen molar-refractivity contribution in [2.45, 2.75) is 6.42 Å². The molecule has 4 N–H and O–H groups in total. The minimum Gasteiger partial charge on any atom is -0.497 e. The molecule has 0 radical (unpaired) electrons. The zero-order valence-corrected chi connectivity index (χ0v) is 19.9. The summed E-state index contributed by atoms with van der Waals surface area (Å²) < 4.78 is 32.0. The molecule has 0 bridgehead atoms. The first-order valence-corrected chi connectivity index (χ1v) is 11.1. The molecule has 10 nitrogen and oxygen atoms in total. The van der Waals surface area contributed by atoms with Gasteiger partial charge in [0.05, 0.1) is 12.8 Å². The van der Waals surface area contributed by atoms with Crippen molar-refractivity contribution in [1.82, 2.24) is 20.7 Å². The first kappa shape index (κ1) is 25.8. The van der Waals surface area contributed by atoms with Crippen LogP contribution in [0.5, 0.6) is 5.75 Å². The van der Waals surface area contributed by atoms with E-state index in [9.17, 15) is 28.3 Å². The predicted molar refractivity (Wildman–Crippen MR) is 132 cm³/mol. The molecule has 0 saturated heterocycles. The molecule has 4 rings (SSSR count). The number of carbonyl (C=O) groups is 3. The van der Waals surface area contributed by atoms with E-state index in [2.05, 4.69) is 16.0 Å². The largest absolute Gasteiger partial charge is 0.497 e. The van der Waals surface area contributed by atoms with Crippen molar-refractivity contribution >= 4 is 17.9 Å². The third kappa shape index (κ3) is 5.93. The highest BCUT2D eigenvalue weighted by Gasteiger charge is 2.26. The average Bonchev–Trinajstić information content (AvgIpc) is 3.24. The maximum atomic E-state index is 13.6. The molecule has 3 aromatic carbocycles. The lowest BCUT2D eigenvalue weighted by molar-refractivity contribution is 0.0841. The molecule has 1 heterocycles. The Labute approximate surface area is 214 Å². The van der Waals surface area contributed by atoms with Gasteiger partial charge in [-0.2, -0.15) is 9.89 Å². The molecule has 38 heavy (non-hydrogen) atoms. The number of nitrogens with zero attached hydrogens (tertiary/aromatic N) is 2. The highest BCUT2D eigenvalue weighted by atomic mass is 19.1. The van der Waals surface area contributed by atoms with Crippen LogP contribution in [-0.2, 0) is 6.42 Å². The number of ether oxygens (including phenoxy) is 1. The van der Waals surface area contributed by atoms with E-state index in [1.165, 1.54) is 43.5 Å². The Morgan fingerprint density at radius 2 is 1.55 bits per heavy atom. The normalized spacial score (nSPS) is 10.5. The van der Waals surface area contributed by atoms with Crippen molar-refractivity contribution in [2.75, 3.05) is 12.5 Å². The fourth-order valence-electron chi connectivity index (χ4n) is 3.69. The van der Waals surface area contributed by atoms with Crippen molar-refractivity contribution in [3.63, 3.8) is 0 Å². The minimum atomic E-state index is -1.50. The number of nitrogens with one attached hydrogen (secondary N) is 3. The predicted octanol–water partition coefficient (Wildman–Crippen LogP) is 3.72. The summed E-state index contributed by atoms with van der Waals surface area (Å²) in [5.41, 5.74) is 7.95. The van der Waals surface area contributed by atoms with Gasteiger partial charge in [-0.1, -0.05) is 12.1 Å². The minimum absolute atomic E-state index is 0.0764. The summed E-state index contributed by atoms with van der Waals surface area (Å²) in [6.45, 7) is 0. The first-order valence-electron chi connectivity index (χ1n) is 11.1. The Morgan fingerprint density at radius 3 is 2.18 bits per heavy atom. The number of rotatable bonds is 7. The number of halogens is 2. The number of carbonyl (C=O) groups excluding carboxylic acids is 2. The van der Waals surface area contributed by atoms with Crippen molar-refractivity contribution in [1.29, 1.82) is 0 Å². The fraction of sp³-hybridized carbons (Fsp3) is 0.0769. The molecule has 0 fully saturated rings. The molecular weight excluding hydrogens is 500 g/mol. The van der Waals surface area contributed by atoms with E-state index in [-0.39, 0.29) is 28.9 Å². The second kappa shape index (κ2) is 11.2. The molecule has 0 atom stereocenters. The number of methoxy groups -OCH3 is 1. The van der Waals surface area contributed by atoms with Gasteiger partial charge >= 0.3 is 6.09 Å². The molecule has 4 aromatic rings. The summed E-state index contributed by atoms with van der Waals surface area (Å²) in [6, 6.07) is 16.9. The van der Waals surface area contributed by atoms with E-state index in [0.29, 0.717) is 16.9 Å². The second-order valence-electron chi connectivity index (χ2n) is 7.95. The van der Waals surface area contributed by atoms with Crippen LogP contribution in [0.2, 0.25) is 0 Å².